The van der Waals surface area contributed by atoms with Crippen LogP contribution in [0.4, 0.5) is 0 Å². The maximum atomic E-state index is 11.6. The van der Waals surface area contributed by atoms with Crippen molar-refractivity contribution < 1.29 is 44.1 Å². The molecule has 0 rings (SSSR count). The lowest BCUT2D eigenvalue weighted by atomic mass is 9.94. The van der Waals surface area contributed by atoms with Crippen LogP contribution in [-0.2, 0) is 28.8 Å². The number of ketones is 1. The highest BCUT2D eigenvalue weighted by Crippen LogP contribution is 2.19. The molecule has 0 saturated heterocycles. The van der Waals surface area contributed by atoms with Crippen molar-refractivity contribution >= 4 is 29.5 Å². The van der Waals surface area contributed by atoms with E-state index >= 15 is 0 Å². The van der Waals surface area contributed by atoms with Gasteiger partial charge in [0.25, 0.3) is 10.2 Å². The molecule has 0 heterocycles. The summed E-state index contributed by atoms with van der Waals surface area (Å²) in [6.45, 7) is -0.744. The zero-order valence-corrected chi connectivity index (χ0v) is 14.3. The quantitative estimate of drug-likeness (QED) is 0.150. The van der Waals surface area contributed by atoms with Crippen LogP contribution < -0.4 is 5.73 Å². The average molecular weight is 399 g/mol. The van der Waals surface area contributed by atoms with Gasteiger partial charge in [-0.25, -0.2) is 4.79 Å². The number of ether oxygens (including phenoxy) is 1. The van der Waals surface area contributed by atoms with Gasteiger partial charge in [0.1, 0.15) is 25.9 Å². The second kappa shape index (κ2) is 11.0. The number of rotatable bonds is 14. The summed E-state index contributed by atoms with van der Waals surface area (Å²) in [7, 11) is 0. The van der Waals surface area contributed by atoms with Crippen LogP contribution in [0, 0.1) is 25.6 Å². The van der Waals surface area contributed by atoms with E-state index in [9.17, 15) is 34.6 Å². The molecule has 0 amide bonds. The Bertz CT molecular complexity index is 538. The lowest BCUT2D eigenvalue weighted by Gasteiger charge is -2.26. The molecule has 0 aliphatic heterocycles. The van der Waals surface area contributed by atoms with Crippen LogP contribution in [0.1, 0.15) is 6.92 Å². The van der Waals surface area contributed by atoms with Gasteiger partial charge in [0.2, 0.25) is 5.78 Å². The monoisotopic (exact) mass is 399 g/mol. The lowest BCUT2D eigenvalue weighted by Crippen LogP contribution is -2.38. The molecule has 0 aromatic carbocycles. The molecule has 26 heavy (non-hydrogen) atoms. The smallest absolute Gasteiger partial charge is 0.375 e. The number of nitrogens with two attached hydrogens (primary N) is 1. The minimum Gasteiger partial charge on any atom is -0.480 e. The zero-order chi connectivity index (χ0) is 20.3. The second-order valence-electron chi connectivity index (χ2n) is 5.26. The SMILES string of the molecule is CC(COC(=O)C(=O)CSC[C@H](N)C(=O)O)(CO[N+](=O)[O-])CO[N+](=O)[O-]. The van der Waals surface area contributed by atoms with E-state index in [2.05, 4.69) is 14.4 Å². The summed E-state index contributed by atoms with van der Waals surface area (Å²) in [6.07, 6.45) is 0. The first kappa shape index (κ1) is 23.3. The van der Waals surface area contributed by atoms with Crippen molar-refractivity contribution in [2.24, 2.45) is 11.1 Å². The minimum absolute atomic E-state index is 0.112. The van der Waals surface area contributed by atoms with Gasteiger partial charge in [-0.2, -0.15) is 11.8 Å². The van der Waals surface area contributed by atoms with E-state index in [1.807, 2.05) is 0 Å². The van der Waals surface area contributed by atoms with Crippen molar-refractivity contribution in [1.82, 2.24) is 0 Å². The van der Waals surface area contributed by atoms with Gasteiger partial charge in [0, 0.05) is 11.2 Å². The number of esters is 1. The molecule has 0 saturated carbocycles. The van der Waals surface area contributed by atoms with E-state index in [0.29, 0.717) is 0 Å². The van der Waals surface area contributed by atoms with Crippen LogP contribution in [0.5, 0.6) is 0 Å². The van der Waals surface area contributed by atoms with Crippen molar-refractivity contribution in [3.8, 4) is 0 Å². The summed E-state index contributed by atoms with van der Waals surface area (Å²) in [4.78, 5) is 62.4. The summed E-state index contributed by atoms with van der Waals surface area (Å²) >= 11 is 0.804. The molecule has 0 radical (unpaired) electrons. The molecule has 0 aliphatic carbocycles. The van der Waals surface area contributed by atoms with Gasteiger partial charge in [-0.15, -0.1) is 20.2 Å². The third-order valence-corrected chi connectivity index (χ3v) is 3.73. The Morgan fingerprint density at radius 1 is 1.15 bits per heavy atom. The van der Waals surface area contributed by atoms with E-state index in [4.69, 9.17) is 10.8 Å². The van der Waals surface area contributed by atoms with Crippen LogP contribution in [0.15, 0.2) is 0 Å². The topological polar surface area (TPSA) is 211 Å². The van der Waals surface area contributed by atoms with E-state index in [1.54, 1.807) is 0 Å². The molecule has 0 spiro atoms. The second-order valence-corrected chi connectivity index (χ2v) is 6.29. The Balaban J connectivity index is 4.52. The molecule has 0 fully saturated rings. The number of hydrogen-bond acceptors (Lipinski definition) is 12. The van der Waals surface area contributed by atoms with E-state index < -0.39 is 64.9 Å². The number of carbonyl (C=O) groups is 3. The highest BCUT2D eigenvalue weighted by atomic mass is 32.2. The van der Waals surface area contributed by atoms with Crippen molar-refractivity contribution in [2.45, 2.75) is 13.0 Å². The Hall–Kier alpha value is -2.68. The maximum Gasteiger partial charge on any atom is 0.375 e. The zero-order valence-electron chi connectivity index (χ0n) is 13.5. The first-order chi connectivity index (χ1) is 12.0. The van der Waals surface area contributed by atoms with Crippen LogP contribution in [0.3, 0.4) is 0 Å². The summed E-state index contributed by atoms with van der Waals surface area (Å²) in [6, 6.07) is -1.20. The highest BCUT2D eigenvalue weighted by molar-refractivity contribution is 8.00. The molecule has 0 aliphatic rings. The maximum absolute atomic E-state index is 11.6. The number of Topliss-reactive ketones (excluding diaryl/α,β-unsaturated/α-hetero) is 1. The number of carboxylic acids is 1. The van der Waals surface area contributed by atoms with Crippen LogP contribution >= 0.6 is 11.8 Å². The molecule has 0 aromatic heterocycles. The third-order valence-electron chi connectivity index (χ3n) is 2.66. The van der Waals surface area contributed by atoms with Crippen LogP contribution in [0.25, 0.3) is 0 Å². The predicted octanol–water partition coefficient (Wildman–Crippen LogP) is -1.33. The van der Waals surface area contributed by atoms with Gasteiger partial charge >= 0.3 is 11.9 Å². The fourth-order valence-electron chi connectivity index (χ4n) is 1.27. The fourth-order valence-corrected chi connectivity index (χ4v) is 2.09. The number of hydrogen-bond donors (Lipinski definition) is 2. The first-order valence-electron chi connectivity index (χ1n) is 6.77. The summed E-state index contributed by atoms with van der Waals surface area (Å²) < 4.78 is 4.68. The molecule has 1 atom stereocenters. The molecular weight excluding hydrogens is 382 g/mol. The number of carbonyl (C=O) groups excluding carboxylic acids is 2. The number of nitrogens with zero attached hydrogens (tertiary/aromatic N) is 2. The van der Waals surface area contributed by atoms with Gasteiger partial charge in [-0.3, -0.25) is 9.59 Å². The van der Waals surface area contributed by atoms with Crippen LogP contribution in [0.2, 0.25) is 0 Å². The largest absolute Gasteiger partial charge is 0.480 e. The van der Waals surface area contributed by atoms with Crippen molar-refractivity contribution in [1.29, 1.82) is 0 Å². The first-order valence-corrected chi connectivity index (χ1v) is 7.93. The Morgan fingerprint density at radius 3 is 2.08 bits per heavy atom. The van der Waals surface area contributed by atoms with Crippen LogP contribution in [-0.4, -0.2) is 70.4 Å². The predicted molar refractivity (Wildman–Crippen MR) is 82.9 cm³/mol. The molecule has 0 aromatic rings. The van der Waals surface area contributed by atoms with E-state index in [-0.39, 0.29) is 5.75 Å². The van der Waals surface area contributed by atoms with Crippen molar-refractivity contribution in [2.75, 3.05) is 31.3 Å². The number of carboxylic acid groups (broad SMARTS) is 1. The molecule has 0 unspecified atom stereocenters. The van der Waals surface area contributed by atoms with E-state index in [1.165, 1.54) is 6.92 Å². The van der Waals surface area contributed by atoms with Gasteiger partial charge < -0.3 is 25.3 Å². The standard InChI is InChI=1S/C11H17N3O11S/c1-11(5-24-13(19)20,6-25-14(21)22)4-23-10(18)8(15)3-26-2-7(12)9(16)17/h7H,2-6,12H2,1H3,(H,16,17)/t7-/m0/s1. The highest BCUT2D eigenvalue weighted by Gasteiger charge is 2.31. The van der Waals surface area contributed by atoms with Gasteiger partial charge in [-0.1, -0.05) is 6.92 Å². The Morgan fingerprint density at radius 2 is 1.65 bits per heavy atom. The summed E-state index contributed by atoms with van der Waals surface area (Å²) in [5.74, 6) is -4.07. The number of aliphatic carboxylic acids is 1. The summed E-state index contributed by atoms with van der Waals surface area (Å²) in [5.41, 5.74) is 3.76. The third kappa shape index (κ3) is 10.2. The Labute approximate surface area is 150 Å². The molecular formula is C11H17N3O11S. The molecule has 3 N–H and O–H groups in total. The van der Waals surface area contributed by atoms with Gasteiger partial charge in [0.15, 0.2) is 0 Å². The number of thioether (sulfide) groups is 1. The van der Waals surface area contributed by atoms with Gasteiger partial charge in [-0.05, 0) is 0 Å². The van der Waals surface area contributed by atoms with Crippen molar-refractivity contribution in [3.05, 3.63) is 20.2 Å². The Kier molecular flexibility index (Phi) is 9.90. The summed E-state index contributed by atoms with van der Waals surface area (Å²) in [5, 5.41) is 26.8. The van der Waals surface area contributed by atoms with Crippen molar-refractivity contribution in [3.63, 3.8) is 0 Å². The molecule has 0 bridgehead atoms. The minimum atomic E-state index is -1.46. The lowest BCUT2D eigenvalue weighted by molar-refractivity contribution is -0.771. The molecule has 14 nitrogen and oxygen atoms in total. The van der Waals surface area contributed by atoms with Gasteiger partial charge in [0.05, 0.1) is 5.75 Å². The fraction of sp³-hybridized carbons (Fsp3) is 0.727. The molecule has 148 valence electrons. The normalized spacial score (nSPS) is 11.9. The molecule has 15 heteroatoms. The van der Waals surface area contributed by atoms with E-state index in [0.717, 1.165) is 11.8 Å². The average Bonchev–Trinajstić information content (AvgIpc) is 2.55.